The quantitative estimate of drug-likeness (QED) is 0.901. The number of hydrogen-bond donors (Lipinski definition) is 2. The number of carbonyl (C=O) groups excluding carboxylic acids is 2. The number of anilines is 1. The second kappa shape index (κ2) is 5.66. The summed E-state index contributed by atoms with van der Waals surface area (Å²) in [5.41, 5.74) is 2.61. The van der Waals surface area contributed by atoms with Gasteiger partial charge in [-0.3, -0.25) is 9.59 Å². The summed E-state index contributed by atoms with van der Waals surface area (Å²) in [4.78, 5) is 24.0. The molecule has 1 aliphatic heterocycles. The van der Waals surface area contributed by atoms with Crippen molar-refractivity contribution in [1.82, 2.24) is 5.32 Å². The van der Waals surface area contributed by atoms with Gasteiger partial charge in [-0.15, -0.1) is 0 Å². The zero-order valence-corrected chi connectivity index (χ0v) is 13.6. The molecule has 2 saturated carbocycles. The van der Waals surface area contributed by atoms with Crippen molar-refractivity contribution in [2.75, 3.05) is 5.32 Å². The van der Waals surface area contributed by atoms with Gasteiger partial charge in [0.25, 0.3) is 5.91 Å². The highest BCUT2D eigenvalue weighted by Gasteiger charge is 2.42. The van der Waals surface area contributed by atoms with Crippen LogP contribution in [0, 0.1) is 17.8 Å². The number of amides is 2. The van der Waals surface area contributed by atoms with E-state index in [2.05, 4.69) is 17.6 Å². The van der Waals surface area contributed by atoms with E-state index in [1.165, 1.54) is 25.7 Å². The third-order valence-electron chi connectivity index (χ3n) is 6.06. The van der Waals surface area contributed by atoms with Crippen LogP contribution in [0.1, 0.15) is 54.9 Å². The molecular weight excluding hydrogens is 288 g/mol. The van der Waals surface area contributed by atoms with Gasteiger partial charge in [-0.05, 0) is 74.1 Å². The molecule has 23 heavy (non-hydrogen) atoms. The van der Waals surface area contributed by atoms with Crippen molar-refractivity contribution in [3.05, 3.63) is 29.3 Å². The van der Waals surface area contributed by atoms with Crippen LogP contribution in [0.3, 0.4) is 0 Å². The van der Waals surface area contributed by atoms with Gasteiger partial charge in [-0.25, -0.2) is 0 Å². The van der Waals surface area contributed by atoms with Gasteiger partial charge in [-0.1, -0.05) is 6.42 Å². The first-order chi connectivity index (χ1) is 11.1. The van der Waals surface area contributed by atoms with Gasteiger partial charge in [0.2, 0.25) is 5.91 Å². The van der Waals surface area contributed by atoms with Gasteiger partial charge in [0.1, 0.15) is 0 Å². The van der Waals surface area contributed by atoms with E-state index in [4.69, 9.17) is 0 Å². The second-order valence-electron chi connectivity index (χ2n) is 7.52. The average Bonchev–Trinajstić information content (AvgIpc) is 3.17. The first-order valence-corrected chi connectivity index (χ1v) is 8.84. The first kappa shape index (κ1) is 14.7. The van der Waals surface area contributed by atoms with Crippen molar-refractivity contribution in [3.8, 4) is 0 Å². The van der Waals surface area contributed by atoms with Crippen molar-refractivity contribution in [2.24, 2.45) is 17.8 Å². The second-order valence-corrected chi connectivity index (χ2v) is 7.52. The normalized spacial score (nSPS) is 29.8. The zero-order valence-electron chi connectivity index (χ0n) is 13.6. The third-order valence-corrected chi connectivity index (χ3v) is 6.06. The lowest BCUT2D eigenvalue weighted by atomic mass is 9.84. The molecule has 0 aromatic heterocycles. The summed E-state index contributed by atoms with van der Waals surface area (Å²) in [6.45, 7) is 2.15. The fraction of sp³-hybridized carbons (Fsp3) is 0.579. The Morgan fingerprint density at radius 2 is 2.13 bits per heavy atom. The fourth-order valence-corrected chi connectivity index (χ4v) is 4.83. The molecule has 2 aliphatic carbocycles. The summed E-state index contributed by atoms with van der Waals surface area (Å²) in [6, 6.07) is 5.84. The van der Waals surface area contributed by atoms with Crippen molar-refractivity contribution in [3.63, 3.8) is 0 Å². The highest BCUT2D eigenvalue weighted by molar-refractivity contribution is 5.98. The molecule has 0 unspecified atom stereocenters. The average molecular weight is 312 g/mol. The van der Waals surface area contributed by atoms with E-state index in [1.807, 2.05) is 18.2 Å². The third kappa shape index (κ3) is 2.75. The van der Waals surface area contributed by atoms with Crippen LogP contribution in [0.2, 0.25) is 0 Å². The molecule has 4 heteroatoms. The summed E-state index contributed by atoms with van der Waals surface area (Å²) in [7, 11) is 0. The lowest BCUT2D eigenvalue weighted by molar-refractivity contribution is -0.116. The molecule has 0 radical (unpaired) electrons. The molecule has 2 N–H and O–H groups in total. The minimum absolute atomic E-state index is 0.0139. The van der Waals surface area contributed by atoms with Crippen LogP contribution in [0.5, 0.6) is 0 Å². The number of carbonyl (C=O) groups is 2. The van der Waals surface area contributed by atoms with Crippen molar-refractivity contribution in [1.29, 1.82) is 0 Å². The minimum atomic E-state index is 0.0139. The van der Waals surface area contributed by atoms with E-state index >= 15 is 0 Å². The Bertz CT molecular complexity index is 655. The summed E-state index contributed by atoms with van der Waals surface area (Å²) >= 11 is 0. The number of fused-ring (bicyclic) bond motifs is 3. The van der Waals surface area contributed by atoms with Crippen molar-refractivity contribution in [2.45, 2.75) is 51.5 Å². The van der Waals surface area contributed by atoms with E-state index in [9.17, 15) is 9.59 Å². The molecule has 3 aliphatic rings. The van der Waals surface area contributed by atoms with Crippen LogP contribution in [0.15, 0.2) is 18.2 Å². The Labute approximate surface area is 137 Å². The molecule has 1 heterocycles. The monoisotopic (exact) mass is 312 g/mol. The Morgan fingerprint density at radius 1 is 1.26 bits per heavy atom. The van der Waals surface area contributed by atoms with E-state index in [-0.39, 0.29) is 17.9 Å². The molecule has 2 amide bonds. The van der Waals surface area contributed by atoms with Crippen LogP contribution in [0.25, 0.3) is 0 Å². The van der Waals surface area contributed by atoms with Crippen LogP contribution in [-0.2, 0) is 11.2 Å². The van der Waals surface area contributed by atoms with Gasteiger partial charge in [0, 0.05) is 23.7 Å². The number of benzene rings is 1. The maximum Gasteiger partial charge on any atom is 0.251 e. The van der Waals surface area contributed by atoms with Crippen LogP contribution >= 0.6 is 0 Å². The predicted molar refractivity (Wildman–Crippen MR) is 89.3 cm³/mol. The van der Waals surface area contributed by atoms with Gasteiger partial charge in [0.15, 0.2) is 0 Å². The van der Waals surface area contributed by atoms with Crippen molar-refractivity contribution >= 4 is 17.5 Å². The van der Waals surface area contributed by atoms with Crippen LogP contribution < -0.4 is 10.6 Å². The molecule has 4 rings (SSSR count). The summed E-state index contributed by atoms with van der Waals surface area (Å²) in [5, 5.41) is 6.07. The smallest absolute Gasteiger partial charge is 0.251 e. The van der Waals surface area contributed by atoms with E-state index in [0.717, 1.165) is 23.1 Å². The Kier molecular flexibility index (Phi) is 3.63. The molecule has 122 valence electrons. The largest absolute Gasteiger partial charge is 0.349 e. The van der Waals surface area contributed by atoms with E-state index < -0.39 is 0 Å². The molecule has 1 aromatic rings. The molecule has 0 saturated heterocycles. The maximum absolute atomic E-state index is 12.6. The molecule has 0 spiro atoms. The van der Waals surface area contributed by atoms with Crippen LogP contribution in [0.4, 0.5) is 5.69 Å². The van der Waals surface area contributed by atoms with E-state index in [0.29, 0.717) is 24.3 Å². The molecule has 4 atom stereocenters. The Hall–Kier alpha value is -1.84. The molecular formula is C19H24N2O2. The first-order valence-electron chi connectivity index (χ1n) is 8.84. The highest BCUT2D eigenvalue weighted by Crippen LogP contribution is 2.49. The fourth-order valence-electron chi connectivity index (χ4n) is 4.83. The number of nitrogens with one attached hydrogen (secondary N) is 2. The van der Waals surface area contributed by atoms with Gasteiger partial charge >= 0.3 is 0 Å². The molecule has 1 aromatic carbocycles. The summed E-state index contributed by atoms with van der Waals surface area (Å²) < 4.78 is 0. The highest BCUT2D eigenvalue weighted by atomic mass is 16.2. The Balaban J connectivity index is 1.44. The molecule has 4 nitrogen and oxygen atoms in total. The maximum atomic E-state index is 12.6. The van der Waals surface area contributed by atoms with Gasteiger partial charge < -0.3 is 10.6 Å². The molecule has 2 fully saturated rings. The van der Waals surface area contributed by atoms with Crippen LogP contribution in [-0.4, -0.2) is 17.9 Å². The number of hydrogen-bond acceptors (Lipinski definition) is 2. The topological polar surface area (TPSA) is 58.2 Å². The SMILES string of the molecule is C[C@H](NC(=O)c1ccc2c(c1)CCC(=O)N2)[C@H]1C[C@H]2CC[C@H]1C2. The van der Waals surface area contributed by atoms with E-state index in [1.54, 1.807) is 0 Å². The summed E-state index contributed by atoms with van der Waals surface area (Å²) in [6.07, 6.45) is 6.59. The lowest BCUT2D eigenvalue weighted by Crippen LogP contribution is -2.40. The zero-order chi connectivity index (χ0) is 16.0. The number of rotatable bonds is 3. The standard InChI is InChI=1S/C19H24N2O2/c1-11(16-9-12-2-3-13(16)8-12)20-19(23)15-4-6-17-14(10-15)5-7-18(22)21-17/h4,6,10-13,16H,2-3,5,7-9H2,1H3,(H,20,23)(H,21,22)/t11-,12-,13-,16+/m0/s1. The number of aryl methyl sites for hydroxylation is 1. The molecule has 2 bridgehead atoms. The summed E-state index contributed by atoms with van der Waals surface area (Å²) in [5.74, 6) is 2.43. The van der Waals surface area contributed by atoms with Crippen molar-refractivity contribution < 1.29 is 9.59 Å². The lowest BCUT2D eigenvalue weighted by Gasteiger charge is -2.28. The van der Waals surface area contributed by atoms with Gasteiger partial charge in [-0.2, -0.15) is 0 Å². The van der Waals surface area contributed by atoms with Gasteiger partial charge in [0.05, 0.1) is 0 Å². The Morgan fingerprint density at radius 3 is 2.87 bits per heavy atom. The minimum Gasteiger partial charge on any atom is -0.349 e. The predicted octanol–water partition coefficient (Wildman–Crippen LogP) is 3.13.